The Kier molecular flexibility index (Phi) is 5.75. The summed E-state index contributed by atoms with van der Waals surface area (Å²) in [6.07, 6.45) is 0.158. The molecule has 0 amide bonds. The zero-order valence-electron chi connectivity index (χ0n) is 8.35. The van der Waals surface area contributed by atoms with E-state index in [1.165, 1.54) is 6.07 Å². The Bertz CT molecular complexity index is 407. The molecule has 1 aromatic rings. The zero-order chi connectivity index (χ0) is 11.4. The number of rotatable bonds is 3. The summed E-state index contributed by atoms with van der Waals surface area (Å²) in [7, 11) is 0. The Balaban J connectivity index is 0.00000225. The van der Waals surface area contributed by atoms with Gasteiger partial charge in [-0.25, -0.2) is 4.39 Å². The Morgan fingerprint density at radius 3 is 2.62 bits per heavy atom. The molecular weight excluding hydrogens is 235 g/mol. The topological polar surface area (TPSA) is 90.3 Å². The molecule has 0 heterocycles. The fourth-order valence-electron chi connectivity index (χ4n) is 1.34. The van der Waals surface area contributed by atoms with Gasteiger partial charge in [0.05, 0.1) is 11.6 Å². The molecule has 0 saturated carbocycles. The predicted molar refractivity (Wildman–Crippen MR) is 58.7 cm³/mol. The largest absolute Gasteiger partial charge is 0.505 e. The average molecular weight is 247 g/mol. The highest BCUT2D eigenvalue weighted by Gasteiger charge is 2.18. The standard InChI is InChI=1S/C10H11FN2O2.ClH/c11-7-2-1-6(5-12)9(10(7)15)8(13)3-4-14;/h1-2,8,14-15H,3-4,13H2;1H/t8-;/m1./s1. The van der Waals surface area contributed by atoms with Gasteiger partial charge in [-0.1, -0.05) is 0 Å². The van der Waals surface area contributed by atoms with E-state index in [1.807, 2.05) is 6.07 Å². The van der Waals surface area contributed by atoms with Crippen LogP contribution in [0.5, 0.6) is 5.75 Å². The van der Waals surface area contributed by atoms with Crippen LogP contribution in [0.1, 0.15) is 23.6 Å². The maximum absolute atomic E-state index is 13.0. The lowest BCUT2D eigenvalue weighted by Gasteiger charge is -2.14. The number of benzene rings is 1. The molecule has 0 saturated heterocycles. The molecule has 0 spiro atoms. The van der Waals surface area contributed by atoms with Crippen molar-refractivity contribution in [2.45, 2.75) is 12.5 Å². The summed E-state index contributed by atoms with van der Waals surface area (Å²) in [5.41, 5.74) is 5.78. The maximum Gasteiger partial charge on any atom is 0.165 e. The van der Waals surface area contributed by atoms with Crippen LogP contribution < -0.4 is 5.73 Å². The van der Waals surface area contributed by atoms with Crippen molar-refractivity contribution in [2.75, 3.05) is 6.61 Å². The van der Waals surface area contributed by atoms with E-state index in [9.17, 15) is 9.50 Å². The first kappa shape index (κ1) is 14.6. The van der Waals surface area contributed by atoms with Crippen LogP contribution >= 0.6 is 12.4 Å². The molecule has 0 bridgehead atoms. The Hall–Kier alpha value is -1.35. The molecular formula is C10H12ClFN2O2. The van der Waals surface area contributed by atoms with Crippen LogP contribution in [0.4, 0.5) is 4.39 Å². The molecule has 1 aromatic carbocycles. The smallest absolute Gasteiger partial charge is 0.165 e. The van der Waals surface area contributed by atoms with Crippen LogP contribution in [-0.4, -0.2) is 16.8 Å². The van der Waals surface area contributed by atoms with Gasteiger partial charge in [-0.2, -0.15) is 5.26 Å². The zero-order valence-corrected chi connectivity index (χ0v) is 9.17. The molecule has 0 radical (unpaired) electrons. The minimum absolute atomic E-state index is 0. The molecule has 16 heavy (non-hydrogen) atoms. The van der Waals surface area contributed by atoms with Gasteiger partial charge in [0.1, 0.15) is 0 Å². The SMILES string of the molecule is Cl.N#Cc1ccc(F)c(O)c1[C@H](N)CCO. The molecule has 0 aromatic heterocycles. The highest BCUT2D eigenvalue weighted by atomic mass is 35.5. The number of nitrogens with zero attached hydrogens (tertiary/aromatic N) is 1. The minimum Gasteiger partial charge on any atom is -0.505 e. The first-order valence-electron chi connectivity index (χ1n) is 4.39. The van der Waals surface area contributed by atoms with Gasteiger partial charge in [0.25, 0.3) is 0 Å². The summed E-state index contributed by atoms with van der Waals surface area (Å²) in [6.45, 7) is -0.192. The van der Waals surface area contributed by atoms with Gasteiger partial charge in [0.15, 0.2) is 11.6 Å². The normalized spacial score (nSPS) is 11.4. The van der Waals surface area contributed by atoms with Crippen LogP contribution in [0, 0.1) is 17.1 Å². The molecule has 88 valence electrons. The van der Waals surface area contributed by atoms with Gasteiger partial charge >= 0.3 is 0 Å². The number of hydrogen-bond donors (Lipinski definition) is 3. The van der Waals surface area contributed by atoms with Gasteiger partial charge in [-0.3, -0.25) is 0 Å². The quantitative estimate of drug-likeness (QED) is 0.748. The fraction of sp³-hybridized carbons (Fsp3) is 0.300. The first-order chi connectivity index (χ1) is 7.11. The molecule has 4 N–H and O–H groups in total. The third-order valence-corrected chi connectivity index (χ3v) is 2.10. The summed E-state index contributed by atoms with van der Waals surface area (Å²) in [4.78, 5) is 0. The number of nitriles is 1. The number of phenols is 1. The van der Waals surface area contributed by atoms with Crippen LogP contribution in [0.25, 0.3) is 0 Å². The predicted octanol–water partition coefficient (Wildman–Crippen LogP) is 1.21. The lowest BCUT2D eigenvalue weighted by molar-refractivity contribution is 0.275. The van der Waals surface area contributed by atoms with E-state index < -0.39 is 17.6 Å². The van der Waals surface area contributed by atoms with E-state index in [0.717, 1.165) is 6.07 Å². The van der Waals surface area contributed by atoms with Gasteiger partial charge in [0.2, 0.25) is 0 Å². The summed E-state index contributed by atoms with van der Waals surface area (Å²) in [5.74, 6) is -1.44. The highest BCUT2D eigenvalue weighted by molar-refractivity contribution is 5.85. The third kappa shape index (κ3) is 2.83. The molecule has 1 atom stereocenters. The molecule has 0 aliphatic heterocycles. The Morgan fingerprint density at radius 2 is 2.12 bits per heavy atom. The number of aliphatic hydroxyl groups is 1. The van der Waals surface area contributed by atoms with Crippen LogP contribution in [0.3, 0.4) is 0 Å². The first-order valence-corrected chi connectivity index (χ1v) is 4.39. The molecule has 0 aliphatic rings. The van der Waals surface area contributed by atoms with Crippen molar-refractivity contribution >= 4 is 12.4 Å². The van der Waals surface area contributed by atoms with Crippen molar-refractivity contribution in [3.8, 4) is 11.8 Å². The molecule has 4 nitrogen and oxygen atoms in total. The number of halogens is 2. The Labute approximate surface area is 98.5 Å². The fourth-order valence-corrected chi connectivity index (χ4v) is 1.34. The third-order valence-electron chi connectivity index (χ3n) is 2.10. The van der Waals surface area contributed by atoms with Gasteiger partial charge in [0, 0.05) is 18.2 Å². The number of phenolic OH excluding ortho intramolecular Hbond substituents is 1. The van der Waals surface area contributed by atoms with Crippen molar-refractivity contribution in [2.24, 2.45) is 5.73 Å². The van der Waals surface area contributed by atoms with E-state index in [4.69, 9.17) is 16.1 Å². The van der Waals surface area contributed by atoms with Crippen molar-refractivity contribution < 1.29 is 14.6 Å². The number of hydrogen-bond acceptors (Lipinski definition) is 4. The van der Waals surface area contributed by atoms with Crippen LogP contribution in [0.15, 0.2) is 12.1 Å². The monoisotopic (exact) mass is 246 g/mol. The lowest BCUT2D eigenvalue weighted by Crippen LogP contribution is -2.14. The second-order valence-electron chi connectivity index (χ2n) is 3.09. The van der Waals surface area contributed by atoms with Gasteiger partial charge in [-0.15, -0.1) is 12.4 Å². The summed E-state index contributed by atoms with van der Waals surface area (Å²) in [6, 6.07) is 3.32. The minimum atomic E-state index is -0.822. The van der Waals surface area contributed by atoms with Crippen molar-refractivity contribution in [1.29, 1.82) is 5.26 Å². The van der Waals surface area contributed by atoms with E-state index in [2.05, 4.69) is 0 Å². The van der Waals surface area contributed by atoms with Gasteiger partial charge in [-0.05, 0) is 18.6 Å². The van der Waals surface area contributed by atoms with Crippen molar-refractivity contribution in [3.05, 3.63) is 29.1 Å². The summed E-state index contributed by atoms with van der Waals surface area (Å²) >= 11 is 0. The van der Waals surface area contributed by atoms with Crippen molar-refractivity contribution in [3.63, 3.8) is 0 Å². The van der Waals surface area contributed by atoms with E-state index in [0.29, 0.717) is 0 Å². The van der Waals surface area contributed by atoms with Crippen molar-refractivity contribution in [1.82, 2.24) is 0 Å². The van der Waals surface area contributed by atoms with Crippen LogP contribution in [-0.2, 0) is 0 Å². The molecule has 0 fully saturated rings. The summed E-state index contributed by atoms with van der Waals surface area (Å²) < 4.78 is 13.0. The maximum atomic E-state index is 13.0. The van der Waals surface area contributed by atoms with E-state index >= 15 is 0 Å². The molecule has 1 rings (SSSR count). The average Bonchev–Trinajstić information content (AvgIpc) is 2.22. The summed E-state index contributed by atoms with van der Waals surface area (Å²) in [5, 5.41) is 26.9. The second kappa shape index (κ2) is 6.28. The molecule has 0 unspecified atom stereocenters. The van der Waals surface area contributed by atoms with Crippen LogP contribution in [0.2, 0.25) is 0 Å². The number of nitrogens with two attached hydrogens (primary N) is 1. The van der Waals surface area contributed by atoms with E-state index in [-0.39, 0.29) is 36.6 Å². The molecule has 6 heteroatoms. The van der Waals surface area contributed by atoms with Gasteiger partial charge < -0.3 is 15.9 Å². The Morgan fingerprint density at radius 1 is 1.50 bits per heavy atom. The van der Waals surface area contributed by atoms with E-state index in [1.54, 1.807) is 0 Å². The second-order valence-corrected chi connectivity index (χ2v) is 3.09. The number of aromatic hydroxyl groups is 1. The molecule has 0 aliphatic carbocycles. The lowest BCUT2D eigenvalue weighted by atomic mass is 9.98. The highest BCUT2D eigenvalue weighted by Crippen LogP contribution is 2.30. The number of aliphatic hydroxyl groups excluding tert-OH is 1.